The predicted molar refractivity (Wildman–Crippen MR) is 83.6 cm³/mol. The van der Waals surface area contributed by atoms with Gasteiger partial charge in [0.1, 0.15) is 6.54 Å². The van der Waals surface area contributed by atoms with Crippen molar-refractivity contribution in [1.82, 2.24) is 0 Å². The van der Waals surface area contributed by atoms with Crippen LogP contribution in [0, 0.1) is 0 Å². The summed E-state index contributed by atoms with van der Waals surface area (Å²) in [7, 11) is 0. The fourth-order valence-electron chi connectivity index (χ4n) is 2.27. The highest BCUT2D eigenvalue weighted by atomic mass is 16.5. The number of nitrogens with zero attached hydrogens (tertiary/aromatic N) is 1. The molecule has 0 aromatic heterocycles. The summed E-state index contributed by atoms with van der Waals surface area (Å²) in [5, 5.41) is 3.19. The van der Waals surface area contributed by atoms with Gasteiger partial charge in [0, 0.05) is 11.8 Å². The summed E-state index contributed by atoms with van der Waals surface area (Å²) in [6.45, 7) is 4.74. The van der Waals surface area contributed by atoms with Crippen molar-refractivity contribution in [3.63, 3.8) is 0 Å². The molecule has 1 N–H and O–H groups in total. The lowest BCUT2D eigenvalue weighted by Gasteiger charge is -2.32. The van der Waals surface area contributed by atoms with E-state index in [2.05, 4.69) is 5.32 Å². The highest BCUT2D eigenvalue weighted by Crippen LogP contribution is 2.31. The van der Waals surface area contributed by atoms with Crippen molar-refractivity contribution in [3.05, 3.63) is 36.0 Å². The molecule has 22 heavy (non-hydrogen) atoms. The van der Waals surface area contributed by atoms with Gasteiger partial charge in [-0.15, -0.1) is 0 Å². The van der Waals surface area contributed by atoms with Gasteiger partial charge < -0.3 is 19.7 Å². The third kappa shape index (κ3) is 4.00. The van der Waals surface area contributed by atoms with E-state index in [-0.39, 0.29) is 12.5 Å². The first kappa shape index (κ1) is 15.9. The van der Waals surface area contributed by atoms with Crippen LogP contribution in [-0.4, -0.2) is 38.2 Å². The second kappa shape index (κ2) is 7.49. The zero-order valence-electron chi connectivity index (χ0n) is 12.8. The maximum absolute atomic E-state index is 11.8. The monoisotopic (exact) mass is 304 g/mol. The van der Waals surface area contributed by atoms with E-state index >= 15 is 0 Å². The Bertz CT molecular complexity index is 583. The molecule has 1 aromatic carbocycles. The number of hydrogen-bond acceptors (Lipinski definition) is 6. The van der Waals surface area contributed by atoms with Crippen molar-refractivity contribution in [3.8, 4) is 0 Å². The molecule has 0 aliphatic carbocycles. The van der Waals surface area contributed by atoms with Gasteiger partial charge in [0.25, 0.3) is 0 Å². The topological polar surface area (TPSA) is 67.9 Å². The molecule has 0 radical (unpaired) electrons. The number of ether oxygens (including phenoxy) is 2. The molecule has 1 aromatic rings. The maximum Gasteiger partial charge on any atom is 0.332 e. The van der Waals surface area contributed by atoms with Crippen LogP contribution < -0.4 is 10.2 Å². The van der Waals surface area contributed by atoms with Gasteiger partial charge in [-0.25, -0.2) is 4.79 Å². The van der Waals surface area contributed by atoms with Crippen LogP contribution in [0.25, 0.3) is 0 Å². The normalized spacial score (nSPS) is 15.0. The molecule has 0 amide bonds. The van der Waals surface area contributed by atoms with Crippen LogP contribution in [-0.2, 0) is 19.1 Å². The number of hydrogen-bond donors (Lipinski definition) is 1. The average molecular weight is 304 g/mol. The number of para-hydroxylation sites is 2. The molecular formula is C16H20N2O4. The van der Waals surface area contributed by atoms with Crippen molar-refractivity contribution >= 4 is 23.3 Å². The first-order chi connectivity index (χ1) is 10.6. The first-order valence-corrected chi connectivity index (χ1v) is 7.28. The molecule has 6 nitrogen and oxygen atoms in total. The Morgan fingerprint density at radius 3 is 2.68 bits per heavy atom. The quantitative estimate of drug-likeness (QED) is 0.662. The van der Waals surface area contributed by atoms with Crippen molar-refractivity contribution in [1.29, 1.82) is 0 Å². The van der Waals surface area contributed by atoms with Crippen LogP contribution in [0.3, 0.4) is 0 Å². The van der Waals surface area contributed by atoms with E-state index in [9.17, 15) is 9.59 Å². The second-order valence-corrected chi connectivity index (χ2v) is 4.72. The number of rotatable bonds is 5. The van der Waals surface area contributed by atoms with Crippen LogP contribution in [0.15, 0.2) is 36.0 Å². The van der Waals surface area contributed by atoms with E-state index in [1.54, 1.807) is 13.8 Å². The fraction of sp³-hybridized carbons (Fsp3) is 0.375. The van der Waals surface area contributed by atoms with E-state index in [0.29, 0.717) is 25.5 Å². The molecule has 118 valence electrons. The van der Waals surface area contributed by atoms with E-state index in [1.165, 1.54) is 6.08 Å². The van der Waals surface area contributed by atoms with E-state index in [0.717, 1.165) is 11.4 Å². The van der Waals surface area contributed by atoms with Crippen molar-refractivity contribution in [2.24, 2.45) is 0 Å². The van der Waals surface area contributed by atoms with Crippen LogP contribution in [0.5, 0.6) is 0 Å². The minimum Gasteiger partial charge on any atom is -0.465 e. The molecule has 0 unspecified atom stereocenters. The van der Waals surface area contributed by atoms with Gasteiger partial charge in [-0.1, -0.05) is 12.1 Å². The summed E-state index contributed by atoms with van der Waals surface area (Å²) in [4.78, 5) is 25.2. The minimum atomic E-state index is -0.402. The lowest BCUT2D eigenvalue weighted by atomic mass is 10.1. The third-order valence-corrected chi connectivity index (χ3v) is 3.11. The van der Waals surface area contributed by atoms with Crippen LogP contribution in [0.4, 0.5) is 11.4 Å². The Kier molecular flexibility index (Phi) is 5.41. The molecule has 0 saturated carbocycles. The van der Waals surface area contributed by atoms with Crippen molar-refractivity contribution < 1.29 is 19.1 Å². The third-order valence-electron chi connectivity index (χ3n) is 3.11. The van der Waals surface area contributed by atoms with E-state index in [1.807, 2.05) is 29.2 Å². The Labute approximate surface area is 129 Å². The molecule has 2 rings (SSSR count). The molecule has 0 atom stereocenters. The zero-order valence-corrected chi connectivity index (χ0v) is 12.8. The lowest BCUT2D eigenvalue weighted by Crippen LogP contribution is -2.37. The molecule has 0 saturated heterocycles. The molecule has 0 fully saturated rings. The number of nitrogens with one attached hydrogen (secondary N) is 1. The van der Waals surface area contributed by atoms with Gasteiger partial charge >= 0.3 is 11.9 Å². The number of carbonyl (C=O) groups excluding carboxylic acids is 2. The number of esters is 2. The fourth-order valence-corrected chi connectivity index (χ4v) is 2.27. The summed E-state index contributed by atoms with van der Waals surface area (Å²) in [6.07, 6.45) is 1.41. The number of carbonyl (C=O) groups is 2. The van der Waals surface area contributed by atoms with Gasteiger partial charge in [0.15, 0.2) is 0 Å². The van der Waals surface area contributed by atoms with Gasteiger partial charge in [-0.3, -0.25) is 4.79 Å². The summed E-state index contributed by atoms with van der Waals surface area (Å²) >= 11 is 0. The highest BCUT2D eigenvalue weighted by molar-refractivity contribution is 5.87. The van der Waals surface area contributed by atoms with Gasteiger partial charge in [-0.05, 0) is 26.0 Å². The Morgan fingerprint density at radius 1 is 1.23 bits per heavy atom. The number of anilines is 2. The number of fused-ring (bicyclic) bond motifs is 1. The molecule has 6 heteroatoms. The van der Waals surface area contributed by atoms with Crippen LogP contribution in [0.2, 0.25) is 0 Å². The SMILES string of the molecule is CCOC(=O)/C=C1/CN(CC(=O)OCC)c2ccccc2N1. The van der Waals surface area contributed by atoms with Gasteiger partial charge in [0.05, 0.1) is 31.1 Å². The zero-order chi connectivity index (χ0) is 15.9. The summed E-state index contributed by atoms with van der Waals surface area (Å²) in [5.74, 6) is -0.699. The minimum absolute atomic E-state index is 0.132. The molecule has 0 spiro atoms. The van der Waals surface area contributed by atoms with E-state index < -0.39 is 5.97 Å². The number of benzene rings is 1. The average Bonchev–Trinajstić information content (AvgIpc) is 2.47. The maximum atomic E-state index is 11.8. The lowest BCUT2D eigenvalue weighted by molar-refractivity contribution is -0.141. The Morgan fingerprint density at radius 2 is 1.95 bits per heavy atom. The summed E-state index contributed by atoms with van der Waals surface area (Å²) < 4.78 is 9.92. The largest absolute Gasteiger partial charge is 0.465 e. The molecule has 1 aliphatic rings. The van der Waals surface area contributed by atoms with Crippen LogP contribution >= 0.6 is 0 Å². The Hall–Kier alpha value is -2.50. The van der Waals surface area contributed by atoms with Gasteiger partial charge in [0.2, 0.25) is 0 Å². The summed E-state index contributed by atoms with van der Waals surface area (Å²) in [5.41, 5.74) is 2.42. The Balaban J connectivity index is 2.20. The van der Waals surface area contributed by atoms with Crippen LogP contribution in [0.1, 0.15) is 13.8 Å². The molecule has 1 aliphatic heterocycles. The van der Waals surface area contributed by atoms with Crippen molar-refractivity contribution in [2.75, 3.05) is 36.5 Å². The molecular weight excluding hydrogens is 284 g/mol. The summed E-state index contributed by atoms with van der Waals surface area (Å²) in [6, 6.07) is 7.61. The second-order valence-electron chi connectivity index (χ2n) is 4.72. The highest BCUT2D eigenvalue weighted by Gasteiger charge is 2.22. The van der Waals surface area contributed by atoms with E-state index in [4.69, 9.17) is 9.47 Å². The molecule has 0 bridgehead atoms. The van der Waals surface area contributed by atoms with Gasteiger partial charge in [-0.2, -0.15) is 0 Å². The van der Waals surface area contributed by atoms with Crippen molar-refractivity contribution in [2.45, 2.75) is 13.8 Å². The molecule has 1 heterocycles. The smallest absolute Gasteiger partial charge is 0.332 e. The predicted octanol–water partition coefficient (Wildman–Crippen LogP) is 1.93. The first-order valence-electron chi connectivity index (χ1n) is 7.28. The standard InChI is InChI=1S/C16H20N2O4/c1-3-21-15(19)9-12-10-18(11-16(20)22-4-2)14-8-6-5-7-13(14)17-12/h5-9,17H,3-4,10-11H2,1-2H3/b12-9-.